The van der Waals surface area contributed by atoms with Gasteiger partial charge >= 0.3 is 12.1 Å². The summed E-state index contributed by atoms with van der Waals surface area (Å²) < 4.78 is 15.1. The molecule has 5 nitrogen and oxygen atoms in total. The van der Waals surface area contributed by atoms with Crippen molar-refractivity contribution >= 4 is 12.1 Å². The van der Waals surface area contributed by atoms with E-state index in [9.17, 15) is 9.59 Å². The van der Waals surface area contributed by atoms with Crippen LogP contribution in [0.4, 0.5) is 4.79 Å². The Kier molecular flexibility index (Phi) is 10.7. The SMILES string of the molecule is CCCCC(CCOC(=O)OCC)(CC(C)C)C(=O)OCC. The number of rotatable bonds is 11. The lowest BCUT2D eigenvalue weighted by Crippen LogP contribution is -2.36. The fourth-order valence-corrected chi connectivity index (χ4v) is 2.69. The van der Waals surface area contributed by atoms with Crippen LogP contribution in [-0.2, 0) is 19.0 Å². The van der Waals surface area contributed by atoms with Crippen LogP contribution in [0.1, 0.15) is 66.7 Å². The average Bonchev–Trinajstić information content (AvgIpc) is 2.44. The van der Waals surface area contributed by atoms with Crippen LogP contribution in [-0.4, -0.2) is 31.9 Å². The van der Waals surface area contributed by atoms with Gasteiger partial charge in [-0.2, -0.15) is 0 Å². The summed E-state index contributed by atoms with van der Waals surface area (Å²) in [6, 6.07) is 0. The molecule has 0 saturated heterocycles. The van der Waals surface area contributed by atoms with Crippen molar-refractivity contribution in [2.75, 3.05) is 19.8 Å². The second-order valence-electron chi connectivity index (χ2n) is 5.98. The number of unbranched alkanes of at least 4 members (excludes halogenated alkanes) is 1. The van der Waals surface area contributed by atoms with Crippen molar-refractivity contribution in [2.24, 2.45) is 11.3 Å². The molecule has 0 aliphatic rings. The van der Waals surface area contributed by atoms with Crippen molar-refractivity contribution in [2.45, 2.75) is 66.7 Å². The monoisotopic (exact) mass is 316 g/mol. The summed E-state index contributed by atoms with van der Waals surface area (Å²) in [6.45, 7) is 10.6. The minimum absolute atomic E-state index is 0.175. The summed E-state index contributed by atoms with van der Waals surface area (Å²) in [5, 5.41) is 0. The second-order valence-corrected chi connectivity index (χ2v) is 5.98. The summed E-state index contributed by atoms with van der Waals surface area (Å²) in [5.74, 6) is 0.188. The first-order valence-electron chi connectivity index (χ1n) is 8.38. The first-order chi connectivity index (χ1) is 10.4. The number of carbonyl (C=O) groups excluding carboxylic acids is 2. The third kappa shape index (κ3) is 7.66. The van der Waals surface area contributed by atoms with E-state index in [0.29, 0.717) is 18.9 Å². The van der Waals surface area contributed by atoms with Crippen molar-refractivity contribution < 1.29 is 23.8 Å². The zero-order valence-electron chi connectivity index (χ0n) is 14.8. The van der Waals surface area contributed by atoms with E-state index < -0.39 is 11.6 Å². The lowest BCUT2D eigenvalue weighted by atomic mass is 9.74. The molecule has 0 heterocycles. The molecule has 0 aromatic carbocycles. The van der Waals surface area contributed by atoms with Crippen LogP contribution in [0.5, 0.6) is 0 Å². The van der Waals surface area contributed by atoms with E-state index in [4.69, 9.17) is 14.2 Å². The molecule has 0 fully saturated rings. The zero-order chi connectivity index (χ0) is 17.0. The second kappa shape index (κ2) is 11.3. The van der Waals surface area contributed by atoms with Crippen LogP contribution in [0.2, 0.25) is 0 Å². The molecule has 0 amide bonds. The summed E-state index contributed by atoms with van der Waals surface area (Å²) in [4.78, 5) is 23.8. The highest BCUT2D eigenvalue weighted by molar-refractivity contribution is 5.77. The largest absolute Gasteiger partial charge is 0.508 e. The Balaban J connectivity index is 4.91. The molecule has 0 rings (SSSR count). The van der Waals surface area contributed by atoms with Gasteiger partial charge in [-0.25, -0.2) is 4.79 Å². The lowest BCUT2D eigenvalue weighted by Gasteiger charge is -2.33. The summed E-state index contributed by atoms with van der Waals surface area (Å²) in [6.07, 6.45) is 3.25. The van der Waals surface area contributed by atoms with Gasteiger partial charge in [0.25, 0.3) is 0 Å². The van der Waals surface area contributed by atoms with Gasteiger partial charge in [0.1, 0.15) is 0 Å². The standard InChI is InChI=1S/C17H32O5/c1-6-9-10-17(13-14(4)5,15(18)20-7-2)11-12-22-16(19)21-8-3/h14H,6-13H2,1-5H3. The van der Waals surface area contributed by atoms with E-state index in [-0.39, 0.29) is 19.2 Å². The molecule has 0 N–H and O–H groups in total. The Hall–Kier alpha value is -1.26. The van der Waals surface area contributed by atoms with Crippen LogP contribution in [0.15, 0.2) is 0 Å². The highest BCUT2D eigenvalue weighted by atomic mass is 16.7. The minimum atomic E-state index is -0.680. The maximum Gasteiger partial charge on any atom is 0.508 e. The predicted octanol–water partition coefficient (Wildman–Crippen LogP) is 4.34. The number of carbonyl (C=O) groups is 2. The first-order valence-corrected chi connectivity index (χ1v) is 8.38. The molecule has 22 heavy (non-hydrogen) atoms. The molecule has 5 heteroatoms. The van der Waals surface area contributed by atoms with Crippen LogP contribution in [0.3, 0.4) is 0 Å². The van der Waals surface area contributed by atoms with Crippen molar-refractivity contribution in [3.05, 3.63) is 0 Å². The maximum atomic E-state index is 12.5. The minimum Gasteiger partial charge on any atom is -0.466 e. The zero-order valence-corrected chi connectivity index (χ0v) is 14.8. The van der Waals surface area contributed by atoms with Gasteiger partial charge < -0.3 is 14.2 Å². The van der Waals surface area contributed by atoms with Gasteiger partial charge in [0, 0.05) is 0 Å². The number of hydrogen-bond acceptors (Lipinski definition) is 5. The quantitative estimate of drug-likeness (QED) is 0.531. The van der Waals surface area contributed by atoms with Gasteiger partial charge in [-0.15, -0.1) is 0 Å². The first kappa shape index (κ1) is 20.7. The molecule has 0 aromatic heterocycles. The fourth-order valence-electron chi connectivity index (χ4n) is 2.69. The third-order valence-corrected chi connectivity index (χ3v) is 3.58. The molecule has 0 aromatic rings. The molecule has 0 saturated carbocycles. The molecule has 0 radical (unpaired) electrons. The topological polar surface area (TPSA) is 61.8 Å². The third-order valence-electron chi connectivity index (χ3n) is 3.58. The van der Waals surface area contributed by atoms with Crippen molar-refractivity contribution in [1.82, 2.24) is 0 Å². The molecule has 130 valence electrons. The van der Waals surface area contributed by atoms with E-state index in [1.165, 1.54) is 0 Å². The van der Waals surface area contributed by atoms with Gasteiger partial charge in [-0.3, -0.25) is 4.79 Å². The highest BCUT2D eigenvalue weighted by Crippen LogP contribution is 2.37. The van der Waals surface area contributed by atoms with Crippen molar-refractivity contribution in [3.63, 3.8) is 0 Å². The molecule has 0 spiro atoms. The van der Waals surface area contributed by atoms with Gasteiger partial charge in [0.05, 0.1) is 25.2 Å². The van der Waals surface area contributed by atoms with Crippen molar-refractivity contribution in [3.8, 4) is 0 Å². The Bertz CT molecular complexity index is 327. The van der Waals surface area contributed by atoms with E-state index >= 15 is 0 Å². The van der Waals surface area contributed by atoms with Gasteiger partial charge in [0.15, 0.2) is 0 Å². The van der Waals surface area contributed by atoms with E-state index in [2.05, 4.69) is 20.8 Å². The molecule has 0 aliphatic heterocycles. The van der Waals surface area contributed by atoms with Crippen LogP contribution in [0, 0.1) is 11.3 Å². The van der Waals surface area contributed by atoms with E-state index in [1.54, 1.807) is 6.92 Å². The molecular formula is C17H32O5. The van der Waals surface area contributed by atoms with Crippen LogP contribution < -0.4 is 0 Å². The Labute approximate surface area is 134 Å². The van der Waals surface area contributed by atoms with E-state index in [0.717, 1.165) is 25.7 Å². The van der Waals surface area contributed by atoms with Crippen molar-refractivity contribution in [1.29, 1.82) is 0 Å². The van der Waals surface area contributed by atoms with Crippen LogP contribution in [0.25, 0.3) is 0 Å². The molecule has 1 unspecified atom stereocenters. The average molecular weight is 316 g/mol. The number of esters is 1. The maximum absolute atomic E-state index is 12.5. The molecule has 1 atom stereocenters. The lowest BCUT2D eigenvalue weighted by molar-refractivity contribution is -0.158. The highest BCUT2D eigenvalue weighted by Gasteiger charge is 2.39. The number of ether oxygens (including phenoxy) is 3. The Morgan fingerprint density at radius 1 is 0.955 bits per heavy atom. The Morgan fingerprint density at radius 3 is 2.09 bits per heavy atom. The van der Waals surface area contributed by atoms with Crippen LogP contribution >= 0.6 is 0 Å². The van der Waals surface area contributed by atoms with Gasteiger partial charge in [-0.05, 0) is 39.0 Å². The summed E-state index contributed by atoms with van der Waals surface area (Å²) in [7, 11) is 0. The summed E-state index contributed by atoms with van der Waals surface area (Å²) >= 11 is 0. The molecule has 0 bridgehead atoms. The smallest absolute Gasteiger partial charge is 0.466 e. The fraction of sp³-hybridized carbons (Fsp3) is 0.882. The van der Waals surface area contributed by atoms with Gasteiger partial charge in [0.2, 0.25) is 0 Å². The van der Waals surface area contributed by atoms with E-state index in [1.807, 2.05) is 6.92 Å². The molecule has 0 aliphatic carbocycles. The van der Waals surface area contributed by atoms with Gasteiger partial charge in [-0.1, -0.05) is 33.6 Å². The normalized spacial score (nSPS) is 13.5. The Morgan fingerprint density at radius 2 is 1.59 bits per heavy atom. The molecular weight excluding hydrogens is 284 g/mol. The summed E-state index contributed by atoms with van der Waals surface area (Å²) in [5.41, 5.74) is -0.577. The number of hydrogen-bond donors (Lipinski definition) is 0. The predicted molar refractivity (Wildman–Crippen MR) is 85.6 cm³/mol.